The lowest BCUT2D eigenvalue weighted by molar-refractivity contribution is -0.135. The highest BCUT2D eigenvalue weighted by Gasteiger charge is 2.14. The molecule has 48 valence electrons. The molecular formula is C5H10O3. The average Bonchev–Trinajstić information content (AvgIpc) is 1.64. The first-order valence-corrected chi connectivity index (χ1v) is 2.42. The minimum absolute atomic E-state index is 0.208. The van der Waals surface area contributed by atoms with Gasteiger partial charge in [-0.25, -0.2) is 0 Å². The normalized spacial score (nSPS) is 14.1. The van der Waals surface area contributed by atoms with Gasteiger partial charge in [0, 0.05) is 0 Å². The number of ketones is 1. The highest BCUT2D eigenvalue weighted by atomic mass is 16.5. The van der Waals surface area contributed by atoms with Gasteiger partial charge in [0.05, 0.1) is 5.92 Å². The van der Waals surface area contributed by atoms with E-state index in [-0.39, 0.29) is 5.78 Å². The van der Waals surface area contributed by atoms with Gasteiger partial charge in [-0.1, -0.05) is 6.92 Å². The smallest absolute Gasteiger partial charge is 0.160 e. The molecule has 0 aromatic carbocycles. The van der Waals surface area contributed by atoms with E-state index in [2.05, 4.69) is 0 Å². The summed E-state index contributed by atoms with van der Waals surface area (Å²) in [6, 6.07) is 0. The predicted molar refractivity (Wildman–Crippen MR) is 28.1 cm³/mol. The molecule has 0 saturated heterocycles. The summed E-state index contributed by atoms with van der Waals surface area (Å²) >= 11 is 0. The van der Waals surface area contributed by atoms with Crippen LogP contribution in [0.1, 0.15) is 13.8 Å². The summed E-state index contributed by atoms with van der Waals surface area (Å²) in [5.41, 5.74) is 0. The van der Waals surface area contributed by atoms with E-state index >= 15 is 0 Å². The van der Waals surface area contributed by atoms with Crippen LogP contribution in [0.4, 0.5) is 0 Å². The maximum absolute atomic E-state index is 10.3. The third-order valence-electron chi connectivity index (χ3n) is 1.09. The fourth-order valence-corrected chi connectivity index (χ4v) is 0.210. The fourth-order valence-electron chi connectivity index (χ4n) is 0.210. The van der Waals surface area contributed by atoms with Crippen molar-refractivity contribution in [2.75, 3.05) is 0 Å². The van der Waals surface area contributed by atoms with E-state index in [1.807, 2.05) is 0 Å². The van der Waals surface area contributed by atoms with E-state index in [1.165, 1.54) is 13.8 Å². The number of aliphatic hydroxyl groups is 2. The molecule has 2 N–H and O–H groups in total. The number of rotatable bonds is 2. The lowest BCUT2D eigenvalue weighted by Gasteiger charge is -2.07. The molecule has 0 aromatic heterocycles. The molecule has 0 radical (unpaired) electrons. The third-order valence-corrected chi connectivity index (χ3v) is 1.09. The average molecular weight is 118 g/mol. The second kappa shape index (κ2) is 2.79. The lowest BCUT2D eigenvalue weighted by atomic mass is 10.1. The van der Waals surface area contributed by atoms with Gasteiger partial charge in [-0.05, 0) is 6.92 Å². The van der Waals surface area contributed by atoms with Gasteiger partial charge in [0.1, 0.15) is 5.78 Å². The van der Waals surface area contributed by atoms with Crippen LogP contribution in [0.5, 0.6) is 0 Å². The summed E-state index contributed by atoms with van der Waals surface area (Å²) in [6.45, 7) is 2.79. The Morgan fingerprint density at radius 2 is 1.88 bits per heavy atom. The molecule has 0 unspecified atom stereocenters. The molecule has 0 aliphatic rings. The van der Waals surface area contributed by atoms with Gasteiger partial charge in [-0.2, -0.15) is 0 Å². The zero-order chi connectivity index (χ0) is 6.73. The van der Waals surface area contributed by atoms with Crippen molar-refractivity contribution in [2.45, 2.75) is 20.1 Å². The lowest BCUT2D eigenvalue weighted by Crippen LogP contribution is -2.22. The Kier molecular flexibility index (Phi) is 2.65. The van der Waals surface area contributed by atoms with Crippen LogP contribution in [-0.2, 0) is 4.79 Å². The van der Waals surface area contributed by atoms with Crippen LogP contribution in [-0.4, -0.2) is 22.3 Å². The second-order valence-corrected chi connectivity index (χ2v) is 1.81. The SMILES string of the molecule is CC(=O)[C@H](C)C(O)O. The maximum atomic E-state index is 10.3. The topological polar surface area (TPSA) is 57.5 Å². The summed E-state index contributed by atoms with van der Waals surface area (Å²) < 4.78 is 0. The summed E-state index contributed by atoms with van der Waals surface area (Å²) in [5, 5.41) is 16.7. The minimum Gasteiger partial charge on any atom is -0.368 e. The molecule has 0 saturated carbocycles. The fraction of sp³-hybridized carbons (Fsp3) is 0.800. The number of hydrogen-bond donors (Lipinski definition) is 2. The molecule has 3 nitrogen and oxygen atoms in total. The van der Waals surface area contributed by atoms with E-state index < -0.39 is 12.2 Å². The van der Waals surface area contributed by atoms with E-state index in [9.17, 15) is 4.79 Å². The van der Waals surface area contributed by atoms with Crippen molar-refractivity contribution < 1.29 is 15.0 Å². The van der Waals surface area contributed by atoms with Crippen LogP contribution in [0, 0.1) is 5.92 Å². The van der Waals surface area contributed by atoms with Gasteiger partial charge in [0.2, 0.25) is 0 Å². The van der Waals surface area contributed by atoms with Gasteiger partial charge >= 0.3 is 0 Å². The van der Waals surface area contributed by atoms with Crippen LogP contribution < -0.4 is 0 Å². The van der Waals surface area contributed by atoms with Crippen molar-refractivity contribution in [3.63, 3.8) is 0 Å². The monoisotopic (exact) mass is 118 g/mol. The van der Waals surface area contributed by atoms with E-state index in [4.69, 9.17) is 10.2 Å². The highest BCUT2D eigenvalue weighted by molar-refractivity contribution is 5.78. The summed E-state index contributed by atoms with van der Waals surface area (Å²) in [4.78, 5) is 10.3. The molecule has 0 heterocycles. The maximum Gasteiger partial charge on any atom is 0.160 e. The molecule has 0 bridgehead atoms. The van der Waals surface area contributed by atoms with Crippen LogP contribution in [0.15, 0.2) is 0 Å². The molecule has 0 aliphatic carbocycles. The molecule has 0 aliphatic heterocycles. The minimum atomic E-state index is -1.51. The Bertz CT molecular complexity index is 87.7. The van der Waals surface area contributed by atoms with Gasteiger partial charge in [0.25, 0.3) is 0 Å². The van der Waals surface area contributed by atoms with Crippen LogP contribution in [0.3, 0.4) is 0 Å². The number of aliphatic hydroxyl groups excluding tert-OH is 1. The van der Waals surface area contributed by atoms with E-state index in [0.29, 0.717) is 0 Å². The van der Waals surface area contributed by atoms with Crippen molar-refractivity contribution in [2.24, 2.45) is 5.92 Å². The summed E-state index contributed by atoms with van der Waals surface area (Å²) in [5.74, 6) is -0.866. The Balaban J connectivity index is 3.64. The van der Waals surface area contributed by atoms with Crippen molar-refractivity contribution in [1.82, 2.24) is 0 Å². The van der Waals surface area contributed by atoms with E-state index in [0.717, 1.165) is 0 Å². The largest absolute Gasteiger partial charge is 0.368 e. The first-order chi connectivity index (χ1) is 3.55. The first-order valence-electron chi connectivity index (χ1n) is 2.42. The van der Waals surface area contributed by atoms with Crippen molar-refractivity contribution >= 4 is 5.78 Å². The zero-order valence-corrected chi connectivity index (χ0v) is 4.96. The second-order valence-electron chi connectivity index (χ2n) is 1.81. The summed E-state index contributed by atoms with van der Waals surface area (Å²) in [7, 11) is 0. The standard InChI is InChI=1S/C5H10O3/c1-3(4(2)6)5(7)8/h3,5,7-8H,1-2H3/t3-/m0/s1. The molecule has 0 aromatic rings. The van der Waals surface area contributed by atoms with Crippen molar-refractivity contribution in [3.05, 3.63) is 0 Å². The first kappa shape index (κ1) is 7.59. The van der Waals surface area contributed by atoms with Crippen LogP contribution in [0.2, 0.25) is 0 Å². The van der Waals surface area contributed by atoms with E-state index in [1.54, 1.807) is 0 Å². The van der Waals surface area contributed by atoms with Gasteiger partial charge < -0.3 is 10.2 Å². The predicted octanol–water partition coefficient (Wildman–Crippen LogP) is -0.478. The van der Waals surface area contributed by atoms with Gasteiger partial charge in [-0.15, -0.1) is 0 Å². The Morgan fingerprint density at radius 3 is 1.88 bits per heavy atom. The molecule has 0 fully saturated rings. The van der Waals surface area contributed by atoms with Crippen molar-refractivity contribution in [3.8, 4) is 0 Å². The van der Waals surface area contributed by atoms with Crippen molar-refractivity contribution in [1.29, 1.82) is 0 Å². The number of hydrogen-bond acceptors (Lipinski definition) is 3. The third kappa shape index (κ3) is 2.04. The Morgan fingerprint density at radius 1 is 1.50 bits per heavy atom. The molecular weight excluding hydrogens is 108 g/mol. The number of carbonyl (C=O) groups excluding carboxylic acids is 1. The molecule has 0 amide bonds. The number of carbonyl (C=O) groups is 1. The molecule has 0 spiro atoms. The van der Waals surface area contributed by atoms with Crippen LogP contribution in [0.25, 0.3) is 0 Å². The zero-order valence-electron chi connectivity index (χ0n) is 4.96. The number of Topliss-reactive ketones (excluding diaryl/α,β-unsaturated/α-hetero) is 1. The highest BCUT2D eigenvalue weighted by Crippen LogP contribution is 1.99. The van der Waals surface area contributed by atoms with Gasteiger partial charge in [-0.3, -0.25) is 4.79 Å². The quantitative estimate of drug-likeness (QED) is 0.481. The summed E-state index contributed by atoms with van der Waals surface area (Å²) in [6.07, 6.45) is -1.51. The molecule has 0 rings (SSSR count). The van der Waals surface area contributed by atoms with Crippen LogP contribution >= 0.6 is 0 Å². The molecule has 1 atom stereocenters. The van der Waals surface area contributed by atoms with Gasteiger partial charge in [0.15, 0.2) is 6.29 Å². The molecule has 3 heteroatoms. The Hall–Kier alpha value is -0.410. The molecule has 8 heavy (non-hydrogen) atoms. The Labute approximate surface area is 47.9 Å².